The van der Waals surface area contributed by atoms with E-state index in [9.17, 15) is 4.79 Å². The van der Waals surface area contributed by atoms with Gasteiger partial charge in [-0.2, -0.15) is 0 Å². The number of carbonyl (C=O) groups is 1. The van der Waals surface area contributed by atoms with Crippen molar-refractivity contribution in [1.82, 2.24) is 14.9 Å². The van der Waals surface area contributed by atoms with Crippen LogP contribution < -0.4 is 0 Å². The zero-order chi connectivity index (χ0) is 16.7. The summed E-state index contributed by atoms with van der Waals surface area (Å²) in [5, 5.41) is 0. The fourth-order valence-corrected chi connectivity index (χ4v) is 3.33. The van der Waals surface area contributed by atoms with E-state index < -0.39 is 0 Å². The first-order chi connectivity index (χ1) is 11.6. The predicted molar refractivity (Wildman–Crippen MR) is 93.0 cm³/mol. The summed E-state index contributed by atoms with van der Waals surface area (Å²) in [6, 6.07) is 13.3. The van der Waals surface area contributed by atoms with Gasteiger partial charge in [0.05, 0.1) is 34.3 Å². The van der Waals surface area contributed by atoms with Crippen LogP contribution in [0.5, 0.6) is 0 Å². The minimum Gasteiger partial charge on any atom is -0.372 e. The summed E-state index contributed by atoms with van der Waals surface area (Å²) in [4.78, 5) is 24.2. The highest BCUT2D eigenvalue weighted by Crippen LogP contribution is 2.22. The molecule has 24 heavy (non-hydrogen) atoms. The van der Waals surface area contributed by atoms with Gasteiger partial charge in [0.25, 0.3) is 5.91 Å². The third-order valence-corrected chi connectivity index (χ3v) is 4.31. The number of carbonyl (C=O) groups excluding carboxylic acids is 1. The normalized spacial score (nSPS) is 21.3. The molecule has 0 radical (unpaired) electrons. The molecule has 2 heterocycles. The van der Waals surface area contributed by atoms with E-state index in [1.807, 2.05) is 61.2 Å². The molecule has 1 saturated heterocycles. The SMILES string of the molecule is C[C@H]1CN(C(=O)c2cccc3nc4ccccc4nc23)C[C@H](C)O1. The molecule has 0 unspecified atom stereocenters. The van der Waals surface area contributed by atoms with Crippen LogP contribution in [0.15, 0.2) is 42.5 Å². The van der Waals surface area contributed by atoms with E-state index in [4.69, 9.17) is 9.72 Å². The monoisotopic (exact) mass is 321 g/mol. The number of hydrogen-bond acceptors (Lipinski definition) is 4. The van der Waals surface area contributed by atoms with Crippen LogP contribution >= 0.6 is 0 Å². The molecule has 4 rings (SSSR count). The predicted octanol–water partition coefficient (Wildman–Crippen LogP) is 3.03. The van der Waals surface area contributed by atoms with Gasteiger partial charge < -0.3 is 9.64 Å². The van der Waals surface area contributed by atoms with E-state index in [0.717, 1.165) is 16.6 Å². The van der Waals surface area contributed by atoms with Crippen molar-refractivity contribution in [2.45, 2.75) is 26.1 Å². The Kier molecular flexibility index (Phi) is 3.65. The Morgan fingerprint density at radius 3 is 2.29 bits per heavy atom. The van der Waals surface area contributed by atoms with E-state index in [0.29, 0.717) is 24.2 Å². The molecule has 0 bridgehead atoms. The van der Waals surface area contributed by atoms with Crippen LogP contribution in [-0.2, 0) is 4.74 Å². The summed E-state index contributed by atoms with van der Waals surface area (Å²) >= 11 is 0. The highest BCUT2D eigenvalue weighted by Gasteiger charge is 2.27. The third-order valence-electron chi connectivity index (χ3n) is 4.31. The highest BCUT2D eigenvalue weighted by molar-refractivity contribution is 6.06. The summed E-state index contributed by atoms with van der Waals surface area (Å²) in [5.41, 5.74) is 3.64. The molecule has 5 heteroatoms. The van der Waals surface area contributed by atoms with Gasteiger partial charge in [-0.25, -0.2) is 9.97 Å². The van der Waals surface area contributed by atoms with Crippen LogP contribution in [0.1, 0.15) is 24.2 Å². The van der Waals surface area contributed by atoms with Crippen molar-refractivity contribution in [2.75, 3.05) is 13.1 Å². The van der Waals surface area contributed by atoms with Crippen LogP contribution in [0.4, 0.5) is 0 Å². The summed E-state index contributed by atoms with van der Waals surface area (Å²) in [6.07, 6.45) is 0.0826. The van der Waals surface area contributed by atoms with Gasteiger partial charge in [-0.05, 0) is 38.1 Å². The lowest BCUT2D eigenvalue weighted by atomic mass is 10.1. The topological polar surface area (TPSA) is 55.3 Å². The lowest BCUT2D eigenvalue weighted by molar-refractivity contribution is -0.0585. The number of fused-ring (bicyclic) bond motifs is 2. The Balaban J connectivity index is 1.81. The Labute approximate surface area is 140 Å². The van der Waals surface area contributed by atoms with Crippen molar-refractivity contribution in [3.8, 4) is 0 Å². The number of rotatable bonds is 1. The Hall–Kier alpha value is -2.53. The first kappa shape index (κ1) is 15.0. The van der Waals surface area contributed by atoms with Gasteiger partial charge in [-0.15, -0.1) is 0 Å². The van der Waals surface area contributed by atoms with Gasteiger partial charge in [-0.1, -0.05) is 18.2 Å². The molecule has 122 valence electrons. The van der Waals surface area contributed by atoms with Crippen molar-refractivity contribution in [3.63, 3.8) is 0 Å². The summed E-state index contributed by atoms with van der Waals surface area (Å²) < 4.78 is 5.73. The van der Waals surface area contributed by atoms with Gasteiger partial charge in [-0.3, -0.25) is 4.79 Å². The van der Waals surface area contributed by atoms with Gasteiger partial charge in [0, 0.05) is 13.1 Å². The Morgan fingerprint density at radius 2 is 1.58 bits per heavy atom. The minimum absolute atomic E-state index is 0.00724. The zero-order valence-corrected chi connectivity index (χ0v) is 13.8. The van der Waals surface area contributed by atoms with Gasteiger partial charge in [0.2, 0.25) is 0 Å². The Morgan fingerprint density at radius 1 is 0.958 bits per heavy atom. The standard InChI is InChI=1S/C19H19N3O2/c1-12-10-22(11-13(2)24-12)19(23)14-6-5-9-17-18(14)21-16-8-4-3-7-15(16)20-17/h3-9,12-13H,10-11H2,1-2H3/t12-,13-/m0/s1. The lowest BCUT2D eigenvalue weighted by Gasteiger charge is -2.35. The summed E-state index contributed by atoms with van der Waals surface area (Å²) in [7, 11) is 0. The molecule has 0 saturated carbocycles. The zero-order valence-electron chi connectivity index (χ0n) is 13.8. The van der Waals surface area contributed by atoms with E-state index >= 15 is 0 Å². The van der Waals surface area contributed by atoms with Crippen molar-refractivity contribution in [2.24, 2.45) is 0 Å². The number of nitrogens with zero attached hydrogens (tertiary/aromatic N) is 3. The van der Waals surface area contributed by atoms with Crippen molar-refractivity contribution >= 4 is 28.0 Å². The number of aromatic nitrogens is 2. The molecule has 3 aromatic rings. The highest BCUT2D eigenvalue weighted by atomic mass is 16.5. The second-order valence-electron chi connectivity index (χ2n) is 6.35. The molecule has 0 spiro atoms. The maximum absolute atomic E-state index is 13.0. The first-order valence-electron chi connectivity index (χ1n) is 8.22. The fourth-order valence-electron chi connectivity index (χ4n) is 3.33. The minimum atomic E-state index is -0.00724. The Bertz CT molecular complexity index is 915. The fraction of sp³-hybridized carbons (Fsp3) is 0.316. The number of hydrogen-bond donors (Lipinski definition) is 0. The molecule has 1 aliphatic heterocycles. The average molecular weight is 321 g/mol. The maximum Gasteiger partial charge on any atom is 0.256 e. The van der Waals surface area contributed by atoms with Crippen LogP contribution in [0.2, 0.25) is 0 Å². The molecule has 0 aliphatic carbocycles. The van der Waals surface area contributed by atoms with E-state index in [1.165, 1.54) is 0 Å². The molecular weight excluding hydrogens is 302 g/mol. The van der Waals surface area contributed by atoms with E-state index in [2.05, 4.69) is 4.98 Å². The molecule has 0 N–H and O–H groups in total. The van der Waals surface area contributed by atoms with Crippen molar-refractivity contribution < 1.29 is 9.53 Å². The molecule has 1 amide bonds. The van der Waals surface area contributed by atoms with Crippen molar-refractivity contribution in [3.05, 3.63) is 48.0 Å². The molecule has 1 aliphatic rings. The quantitative estimate of drug-likeness (QED) is 0.647. The van der Waals surface area contributed by atoms with E-state index in [1.54, 1.807) is 0 Å². The first-order valence-corrected chi connectivity index (χ1v) is 8.22. The average Bonchev–Trinajstić information content (AvgIpc) is 2.58. The van der Waals surface area contributed by atoms with Crippen LogP contribution in [0.25, 0.3) is 22.1 Å². The number of amides is 1. The maximum atomic E-state index is 13.0. The summed E-state index contributed by atoms with van der Waals surface area (Å²) in [6.45, 7) is 5.18. The molecule has 1 aromatic heterocycles. The number of ether oxygens (including phenoxy) is 1. The molecule has 1 fully saturated rings. The number of benzene rings is 2. The smallest absolute Gasteiger partial charge is 0.256 e. The molecule has 2 atom stereocenters. The third kappa shape index (κ3) is 2.61. The van der Waals surface area contributed by atoms with Crippen molar-refractivity contribution in [1.29, 1.82) is 0 Å². The lowest BCUT2D eigenvalue weighted by Crippen LogP contribution is -2.48. The molecule has 2 aromatic carbocycles. The second-order valence-corrected chi connectivity index (χ2v) is 6.35. The number of morpholine rings is 1. The summed E-state index contributed by atoms with van der Waals surface area (Å²) in [5.74, 6) is -0.00724. The van der Waals surface area contributed by atoms with Crippen LogP contribution in [-0.4, -0.2) is 46.1 Å². The second kappa shape index (κ2) is 5.83. The van der Waals surface area contributed by atoms with Crippen LogP contribution in [0, 0.1) is 0 Å². The van der Waals surface area contributed by atoms with Gasteiger partial charge >= 0.3 is 0 Å². The number of para-hydroxylation sites is 3. The van der Waals surface area contributed by atoms with Crippen LogP contribution in [0.3, 0.4) is 0 Å². The molecule has 5 nitrogen and oxygen atoms in total. The largest absolute Gasteiger partial charge is 0.372 e. The molecular formula is C19H19N3O2. The van der Waals surface area contributed by atoms with E-state index in [-0.39, 0.29) is 18.1 Å². The van der Waals surface area contributed by atoms with Gasteiger partial charge in [0.1, 0.15) is 5.52 Å². The van der Waals surface area contributed by atoms with Gasteiger partial charge in [0.15, 0.2) is 0 Å².